The number of carbonyl (C=O) groups excluding carboxylic acids is 1. The average molecular weight is 208 g/mol. The highest BCUT2D eigenvalue weighted by Gasteiger charge is 2.23. The molecule has 1 nitrogen and oxygen atoms in total. The van der Waals surface area contributed by atoms with Crippen LogP contribution in [-0.2, 0) is 4.79 Å². The largest absolute Gasteiger partial charge is 0.295 e. The van der Waals surface area contributed by atoms with E-state index < -0.39 is 0 Å². The molecule has 0 N–H and O–H groups in total. The third kappa shape index (κ3) is 3.81. The summed E-state index contributed by atoms with van der Waals surface area (Å²) in [5.74, 6) is 1.45. The van der Waals surface area contributed by atoms with Gasteiger partial charge in [0, 0.05) is 5.92 Å². The maximum atomic E-state index is 12.0. The van der Waals surface area contributed by atoms with Gasteiger partial charge in [0.1, 0.15) is 0 Å². The number of ketones is 1. The molecule has 1 heteroatoms. The molecule has 0 aromatic heterocycles. The summed E-state index contributed by atoms with van der Waals surface area (Å²) in [6.45, 7) is 6.53. The van der Waals surface area contributed by atoms with E-state index in [9.17, 15) is 4.79 Å². The monoisotopic (exact) mass is 208 g/mol. The molecule has 0 aromatic carbocycles. The average Bonchev–Trinajstić information content (AvgIpc) is 2.25. The van der Waals surface area contributed by atoms with Gasteiger partial charge in [-0.25, -0.2) is 0 Å². The first-order valence-corrected chi connectivity index (χ1v) is 6.40. The van der Waals surface area contributed by atoms with Crippen LogP contribution in [0.5, 0.6) is 0 Å². The molecule has 1 aliphatic carbocycles. The van der Waals surface area contributed by atoms with Crippen LogP contribution in [0.15, 0.2) is 11.6 Å². The minimum absolute atomic E-state index is 0.321. The summed E-state index contributed by atoms with van der Waals surface area (Å²) in [7, 11) is 0. The van der Waals surface area contributed by atoms with E-state index in [-0.39, 0.29) is 0 Å². The van der Waals surface area contributed by atoms with Crippen LogP contribution >= 0.6 is 0 Å². The van der Waals surface area contributed by atoms with Crippen LogP contribution in [0.1, 0.15) is 59.3 Å². The fraction of sp³-hybridized carbons (Fsp3) is 0.786. The Bertz CT molecular complexity index is 234. The molecule has 1 saturated carbocycles. The smallest absolute Gasteiger partial charge is 0.158 e. The predicted molar refractivity (Wildman–Crippen MR) is 64.8 cm³/mol. The van der Waals surface area contributed by atoms with Gasteiger partial charge in [-0.05, 0) is 37.7 Å². The summed E-state index contributed by atoms with van der Waals surface area (Å²) < 4.78 is 0. The number of hydrogen-bond donors (Lipinski definition) is 0. The quantitative estimate of drug-likeness (QED) is 0.635. The Labute approximate surface area is 93.9 Å². The van der Waals surface area contributed by atoms with Crippen LogP contribution in [0.4, 0.5) is 0 Å². The van der Waals surface area contributed by atoms with Crippen LogP contribution in [0.2, 0.25) is 0 Å². The van der Waals surface area contributed by atoms with Crippen molar-refractivity contribution in [2.75, 3.05) is 0 Å². The van der Waals surface area contributed by atoms with E-state index in [0.29, 0.717) is 11.7 Å². The van der Waals surface area contributed by atoms with Crippen LogP contribution < -0.4 is 0 Å². The van der Waals surface area contributed by atoms with E-state index in [2.05, 4.69) is 20.8 Å². The number of rotatable bonds is 4. The third-order valence-corrected chi connectivity index (χ3v) is 3.59. The Morgan fingerprint density at radius 1 is 1.27 bits per heavy atom. The topological polar surface area (TPSA) is 17.1 Å². The third-order valence-electron chi connectivity index (χ3n) is 3.59. The van der Waals surface area contributed by atoms with Gasteiger partial charge in [0.05, 0.1) is 0 Å². The normalized spacial score (nSPS) is 26.1. The summed E-state index contributed by atoms with van der Waals surface area (Å²) in [4.78, 5) is 12.0. The van der Waals surface area contributed by atoms with Gasteiger partial charge in [0.2, 0.25) is 0 Å². The molecule has 0 amide bonds. The molecule has 0 bridgehead atoms. The molecule has 0 aliphatic heterocycles. The zero-order valence-electron chi connectivity index (χ0n) is 10.4. The summed E-state index contributed by atoms with van der Waals surface area (Å²) in [6.07, 6.45) is 8.72. The van der Waals surface area contributed by atoms with Gasteiger partial charge in [-0.3, -0.25) is 4.79 Å². The second-order valence-corrected chi connectivity index (χ2v) is 4.88. The first kappa shape index (κ1) is 12.5. The minimum atomic E-state index is 0.321. The van der Waals surface area contributed by atoms with Gasteiger partial charge in [-0.15, -0.1) is 0 Å². The number of hydrogen-bond acceptors (Lipinski definition) is 1. The second-order valence-electron chi connectivity index (χ2n) is 4.88. The second kappa shape index (κ2) is 6.09. The number of allylic oxidation sites excluding steroid dienone is 2. The van der Waals surface area contributed by atoms with Gasteiger partial charge in [-0.2, -0.15) is 0 Å². The van der Waals surface area contributed by atoms with E-state index in [1.165, 1.54) is 18.4 Å². The Morgan fingerprint density at radius 2 is 1.93 bits per heavy atom. The molecule has 2 unspecified atom stereocenters. The standard InChI is InChI=1S/C14H24O/c1-4-12(5-2)10-14(15)13-8-6-7-11(3)9-13/h10-11,13H,4-9H2,1-3H3. The lowest BCUT2D eigenvalue weighted by molar-refractivity contribution is -0.119. The van der Waals surface area contributed by atoms with Crippen LogP contribution in [0, 0.1) is 11.8 Å². The van der Waals surface area contributed by atoms with Crippen molar-refractivity contribution >= 4 is 5.78 Å². The lowest BCUT2D eigenvalue weighted by atomic mass is 9.80. The Hall–Kier alpha value is -0.590. The highest BCUT2D eigenvalue weighted by Crippen LogP contribution is 2.29. The molecule has 1 rings (SSSR count). The molecule has 0 radical (unpaired) electrons. The Kier molecular flexibility index (Phi) is 5.07. The van der Waals surface area contributed by atoms with Crippen molar-refractivity contribution in [2.45, 2.75) is 59.3 Å². The maximum Gasteiger partial charge on any atom is 0.158 e. The van der Waals surface area contributed by atoms with Gasteiger partial charge in [-0.1, -0.05) is 39.2 Å². The van der Waals surface area contributed by atoms with Crippen molar-refractivity contribution in [1.82, 2.24) is 0 Å². The predicted octanol–water partition coefficient (Wildman–Crippen LogP) is 4.13. The molecule has 0 saturated heterocycles. The van der Waals surface area contributed by atoms with E-state index in [4.69, 9.17) is 0 Å². The van der Waals surface area contributed by atoms with Gasteiger partial charge in [0.25, 0.3) is 0 Å². The highest BCUT2D eigenvalue weighted by molar-refractivity contribution is 5.92. The van der Waals surface area contributed by atoms with Gasteiger partial charge < -0.3 is 0 Å². The minimum Gasteiger partial charge on any atom is -0.295 e. The molecule has 1 fully saturated rings. The molecule has 0 heterocycles. The first-order valence-electron chi connectivity index (χ1n) is 6.40. The van der Waals surface area contributed by atoms with E-state index in [0.717, 1.165) is 31.6 Å². The molecular weight excluding hydrogens is 184 g/mol. The highest BCUT2D eigenvalue weighted by atomic mass is 16.1. The van der Waals surface area contributed by atoms with E-state index >= 15 is 0 Å². The SMILES string of the molecule is CCC(=CC(=O)C1CCCC(C)C1)CC. The Balaban J connectivity index is 2.55. The van der Waals surface area contributed by atoms with Crippen molar-refractivity contribution in [3.8, 4) is 0 Å². The molecule has 0 spiro atoms. The summed E-state index contributed by atoms with van der Waals surface area (Å²) >= 11 is 0. The van der Waals surface area contributed by atoms with Crippen LogP contribution in [0.25, 0.3) is 0 Å². The zero-order chi connectivity index (χ0) is 11.3. The van der Waals surface area contributed by atoms with Gasteiger partial charge >= 0.3 is 0 Å². The Morgan fingerprint density at radius 3 is 2.47 bits per heavy atom. The van der Waals surface area contributed by atoms with Gasteiger partial charge in [0.15, 0.2) is 5.78 Å². The van der Waals surface area contributed by atoms with Crippen molar-refractivity contribution in [3.05, 3.63) is 11.6 Å². The number of carbonyl (C=O) groups is 1. The molecular formula is C14H24O. The fourth-order valence-electron chi connectivity index (χ4n) is 2.47. The van der Waals surface area contributed by atoms with Crippen molar-refractivity contribution in [2.24, 2.45) is 11.8 Å². The molecule has 15 heavy (non-hydrogen) atoms. The van der Waals surface area contributed by atoms with Crippen molar-refractivity contribution in [1.29, 1.82) is 0 Å². The summed E-state index contributed by atoms with van der Waals surface area (Å²) in [5.41, 5.74) is 1.30. The van der Waals surface area contributed by atoms with E-state index in [1.54, 1.807) is 0 Å². The molecule has 86 valence electrons. The van der Waals surface area contributed by atoms with Crippen molar-refractivity contribution < 1.29 is 4.79 Å². The lowest BCUT2D eigenvalue weighted by Crippen LogP contribution is -2.20. The van der Waals surface area contributed by atoms with Crippen LogP contribution in [0.3, 0.4) is 0 Å². The molecule has 1 aliphatic rings. The fourth-order valence-corrected chi connectivity index (χ4v) is 2.47. The molecule has 0 aromatic rings. The first-order chi connectivity index (χ1) is 7.17. The summed E-state index contributed by atoms with van der Waals surface area (Å²) in [6, 6.07) is 0. The zero-order valence-corrected chi connectivity index (χ0v) is 10.4. The van der Waals surface area contributed by atoms with Crippen molar-refractivity contribution in [3.63, 3.8) is 0 Å². The lowest BCUT2D eigenvalue weighted by Gasteiger charge is -2.24. The molecule has 2 atom stereocenters. The maximum absolute atomic E-state index is 12.0. The van der Waals surface area contributed by atoms with E-state index in [1.807, 2.05) is 6.08 Å². The van der Waals surface area contributed by atoms with Crippen LogP contribution in [-0.4, -0.2) is 5.78 Å². The summed E-state index contributed by atoms with van der Waals surface area (Å²) in [5, 5.41) is 0.